The fourth-order valence-corrected chi connectivity index (χ4v) is 7.57. The van der Waals surface area contributed by atoms with Gasteiger partial charge in [0.25, 0.3) is 0 Å². The number of benzene rings is 2. The molecular weight excluding hydrogens is 911 g/mol. The number of sulfone groups is 1. The Labute approximate surface area is 399 Å². The second-order valence-electron chi connectivity index (χ2n) is 15.1. The molecule has 10 N–H and O–H groups in total. The highest BCUT2D eigenvalue weighted by atomic mass is 32.2. The van der Waals surface area contributed by atoms with Crippen LogP contribution >= 0.6 is 0 Å². The van der Waals surface area contributed by atoms with Gasteiger partial charge in [0.05, 0.1) is 117 Å². The van der Waals surface area contributed by atoms with E-state index in [4.69, 9.17) is 54.8 Å². The minimum atomic E-state index is -3.80. The zero-order valence-corrected chi connectivity index (χ0v) is 39.8. The molecule has 2 aromatic carbocycles. The molecule has 0 heterocycles. The number of ether oxygens (including phenoxy) is 8. The van der Waals surface area contributed by atoms with E-state index in [9.17, 15) is 32.7 Å². The Morgan fingerprint density at radius 2 is 1.10 bits per heavy atom. The van der Waals surface area contributed by atoms with Gasteiger partial charge in [-0.1, -0.05) is 54.6 Å². The molecule has 22 nitrogen and oxygen atoms in total. The number of aliphatic hydroxyl groups is 1. The number of aliphatic hydroxyl groups excluding tert-OH is 1. The average molecular weight is 984 g/mol. The average Bonchev–Trinajstić information content (AvgIpc) is 3.32. The molecule has 0 saturated heterocycles. The Morgan fingerprint density at radius 3 is 1.60 bits per heavy atom. The van der Waals surface area contributed by atoms with Crippen molar-refractivity contribution in [2.45, 2.75) is 37.6 Å². The lowest BCUT2D eigenvalue weighted by atomic mass is 10.1. The van der Waals surface area contributed by atoms with Gasteiger partial charge < -0.3 is 75.7 Å². The molecule has 23 heteroatoms. The predicted octanol–water partition coefficient (Wildman–Crippen LogP) is -1.21. The number of nitrogen functional groups attached to an aromatic ring is 1. The van der Waals surface area contributed by atoms with E-state index in [0.717, 1.165) is 0 Å². The lowest BCUT2D eigenvalue weighted by Gasteiger charge is -2.22. The molecule has 0 unspecified atom stereocenters. The summed E-state index contributed by atoms with van der Waals surface area (Å²) in [5.41, 5.74) is 12.6. The van der Waals surface area contributed by atoms with Crippen LogP contribution in [0.1, 0.15) is 36.0 Å². The van der Waals surface area contributed by atoms with Crippen molar-refractivity contribution in [3.8, 4) is 0 Å². The van der Waals surface area contributed by atoms with Crippen LogP contribution < -0.4 is 32.7 Å². The quantitative estimate of drug-likeness (QED) is 0.0220. The molecule has 2 rings (SSSR count). The van der Waals surface area contributed by atoms with Crippen molar-refractivity contribution in [2.24, 2.45) is 17.4 Å². The Balaban J connectivity index is 1.56. The molecule has 0 bridgehead atoms. The molecule has 68 heavy (non-hydrogen) atoms. The third-order valence-electron chi connectivity index (χ3n) is 9.41. The molecule has 0 aromatic heterocycles. The van der Waals surface area contributed by atoms with Gasteiger partial charge in [0.1, 0.15) is 25.1 Å². The number of rotatable bonds is 43. The van der Waals surface area contributed by atoms with Crippen molar-refractivity contribution in [3.05, 3.63) is 71.3 Å². The lowest BCUT2D eigenvalue weighted by Crippen LogP contribution is -2.49. The molecule has 0 aliphatic rings. The van der Waals surface area contributed by atoms with Gasteiger partial charge in [-0.2, -0.15) is 0 Å². The van der Waals surface area contributed by atoms with Crippen molar-refractivity contribution in [1.82, 2.24) is 21.3 Å². The topological polar surface area (TPSA) is 320 Å². The van der Waals surface area contributed by atoms with Crippen molar-refractivity contribution >= 4 is 39.3 Å². The highest BCUT2D eigenvalue weighted by Gasteiger charge is 2.29. The van der Waals surface area contributed by atoms with Crippen LogP contribution in [0.5, 0.6) is 0 Å². The molecule has 384 valence electrons. The summed E-state index contributed by atoms with van der Waals surface area (Å²) in [6.45, 7) is 5.65. The summed E-state index contributed by atoms with van der Waals surface area (Å²) < 4.78 is 68.8. The summed E-state index contributed by atoms with van der Waals surface area (Å²) in [6, 6.07) is 14.0. The van der Waals surface area contributed by atoms with Crippen LogP contribution in [-0.2, 0) is 79.2 Å². The largest absolute Gasteiger partial charge is 0.396 e. The first kappa shape index (κ1) is 59.5. The first-order valence-corrected chi connectivity index (χ1v) is 24.5. The number of amidine groups is 1. The smallest absolute Gasteiger partial charge is 0.246 e. The van der Waals surface area contributed by atoms with E-state index < -0.39 is 57.8 Å². The summed E-state index contributed by atoms with van der Waals surface area (Å²) in [6.07, 6.45) is 0.910. The number of unbranched alkanes of at least 4 members (excludes halogenated alkanes) is 1. The number of carbonyl (C=O) groups excluding carboxylic acids is 4. The van der Waals surface area contributed by atoms with Gasteiger partial charge in [-0.25, -0.2) is 8.42 Å². The van der Waals surface area contributed by atoms with Crippen molar-refractivity contribution in [1.29, 1.82) is 5.41 Å². The molecule has 0 aliphatic heterocycles. The Bertz CT molecular complexity index is 1800. The third-order valence-corrected chi connectivity index (χ3v) is 11.1. The number of hydrogen-bond acceptors (Lipinski definition) is 17. The molecule has 0 saturated carbocycles. The van der Waals surface area contributed by atoms with Crippen LogP contribution in [0.25, 0.3) is 0 Å². The SMILES string of the molecule is N=C(N)c1ccc(CNC(=O)[C@H](CCCCNC(=O)COCC(=O)NCCOCCOCCOCCOCCOCCOCCOCCN)NC(=O)[C@@H](CO)CS(=O)(=O)Cc2ccccc2)cc1. The second kappa shape index (κ2) is 38.2. The fraction of sp³-hybridized carbons (Fsp3) is 0.622. The standard InChI is InChI=1S/C45H73N7O15S/c46-13-16-60-18-20-62-22-24-64-26-28-66-29-27-65-25-23-63-21-19-61-17-15-50-42(55)33-67-32-41(54)49-14-5-4-8-40(45(57)51-30-36-9-11-38(12-10-36)43(47)48)52-44(56)39(31-53)35-68(58,59)34-37-6-2-1-3-7-37/h1-3,6-7,9-12,39-40,53H,4-5,8,13-35,46H2,(H3,47,48)(H,49,54)(H,50,55)(H,51,57)(H,52,56)/t39-,40-/m0/s1. The third kappa shape index (κ3) is 30.7. The highest BCUT2D eigenvalue weighted by molar-refractivity contribution is 7.90. The molecule has 0 spiro atoms. The van der Waals surface area contributed by atoms with Gasteiger partial charge in [0.15, 0.2) is 9.84 Å². The van der Waals surface area contributed by atoms with Gasteiger partial charge >= 0.3 is 0 Å². The van der Waals surface area contributed by atoms with Crippen molar-refractivity contribution in [2.75, 3.05) is 138 Å². The maximum absolute atomic E-state index is 13.3. The van der Waals surface area contributed by atoms with Crippen molar-refractivity contribution < 1.29 is 70.6 Å². The van der Waals surface area contributed by atoms with Gasteiger partial charge in [-0.15, -0.1) is 0 Å². The summed E-state index contributed by atoms with van der Waals surface area (Å²) in [7, 11) is -3.80. The number of hydrogen-bond donors (Lipinski definition) is 8. The van der Waals surface area contributed by atoms with Gasteiger partial charge in [0, 0.05) is 31.7 Å². The zero-order chi connectivity index (χ0) is 49.5. The van der Waals surface area contributed by atoms with E-state index >= 15 is 0 Å². The molecule has 0 fully saturated rings. The number of carbonyl (C=O) groups is 4. The zero-order valence-electron chi connectivity index (χ0n) is 39.0. The van der Waals surface area contributed by atoms with E-state index in [1.165, 1.54) is 0 Å². The van der Waals surface area contributed by atoms with E-state index in [2.05, 4.69) is 21.3 Å². The number of nitrogens with two attached hydrogens (primary N) is 2. The Kier molecular flexibility index (Phi) is 33.4. The fourth-order valence-electron chi connectivity index (χ4n) is 5.89. The van der Waals surface area contributed by atoms with Crippen LogP contribution in [0.15, 0.2) is 54.6 Å². The monoisotopic (exact) mass is 983 g/mol. The summed E-state index contributed by atoms with van der Waals surface area (Å²) in [4.78, 5) is 51.0. The molecule has 2 atom stereocenters. The van der Waals surface area contributed by atoms with E-state index in [0.29, 0.717) is 122 Å². The van der Waals surface area contributed by atoms with E-state index in [-0.39, 0.29) is 57.5 Å². The van der Waals surface area contributed by atoms with Crippen molar-refractivity contribution in [3.63, 3.8) is 0 Å². The minimum Gasteiger partial charge on any atom is -0.396 e. The first-order valence-electron chi connectivity index (χ1n) is 22.7. The first-order chi connectivity index (χ1) is 32.9. The van der Waals surface area contributed by atoms with Gasteiger partial charge in [-0.3, -0.25) is 24.6 Å². The number of nitrogens with one attached hydrogen (secondary N) is 5. The van der Waals surface area contributed by atoms with Gasteiger partial charge in [-0.05, 0) is 30.4 Å². The summed E-state index contributed by atoms with van der Waals surface area (Å²) in [5.74, 6) is -4.57. The molecule has 2 aromatic rings. The van der Waals surface area contributed by atoms with Crippen LogP contribution in [0.4, 0.5) is 0 Å². The van der Waals surface area contributed by atoms with E-state index in [1.807, 2.05) is 0 Å². The Hall–Kier alpha value is -4.66. The number of amides is 4. The Morgan fingerprint density at radius 1 is 0.603 bits per heavy atom. The molecule has 0 aliphatic carbocycles. The van der Waals surface area contributed by atoms with Crippen LogP contribution in [-0.4, -0.2) is 187 Å². The van der Waals surface area contributed by atoms with Crippen LogP contribution in [0, 0.1) is 11.3 Å². The molecular formula is C45H73N7O15S. The van der Waals surface area contributed by atoms with Crippen LogP contribution in [0.3, 0.4) is 0 Å². The van der Waals surface area contributed by atoms with Gasteiger partial charge in [0.2, 0.25) is 23.6 Å². The second-order valence-corrected chi connectivity index (χ2v) is 17.2. The predicted molar refractivity (Wildman–Crippen MR) is 251 cm³/mol. The lowest BCUT2D eigenvalue weighted by molar-refractivity contribution is -0.131. The maximum Gasteiger partial charge on any atom is 0.246 e. The normalized spacial score (nSPS) is 12.3. The summed E-state index contributed by atoms with van der Waals surface area (Å²) in [5, 5.41) is 28.2. The highest BCUT2D eigenvalue weighted by Crippen LogP contribution is 2.12. The van der Waals surface area contributed by atoms with E-state index in [1.54, 1.807) is 54.6 Å². The summed E-state index contributed by atoms with van der Waals surface area (Å²) >= 11 is 0. The maximum atomic E-state index is 13.3. The van der Waals surface area contributed by atoms with Crippen LogP contribution in [0.2, 0.25) is 0 Å². The molecule has 0 radical (unpaired) electrons. The minimum absolute atomic E-state index is 0.0932. The molecule has 4 amide bonds.